The van der Waals surface area contributed by atoms with E-state index < -0.39 is 5.79 Å². The molecule has 1 fully saturated rings. The average molecular weight is 260 g/mol. The highest BCUT2D eigenvalue weighted by Crippen LogP contribution is 2.35. The lowest BCUT2D eigenvalue weighted by atomic mass is 10.0. The van der Waals surface area contributed by atoms with Crippen molar-refractivity contribution in [2.24, 2.45) is 0 Å². The van der Waals surface area contributed by atoms with Crippen molar-refractivity contribution < 1.29 is 14.0 Å². The van der Waals surface area contributed by atoms with Crippen LogP contribution in [0.25, 0.3) is 11.1 Å². The Hall–Kier alpha value is -1.85. The second kappa shape index (κ2) is 4.36. The minimum absolute atomic E-state index is 0.0592. The molecule has 100 valence electrons. The van der Waals surface area contributed by atoms with Crippen LogP contribution in [-0.2, 0) is 9.47 Å². The second-order valence-electron chi connectivity index (χ2n) is 5.05. The van der Waals surface area contributed by atoms with Crippen LogP contribution >= 0.6 is 0 Å². The van der Waals surface area contributed by atoms with Crippen molar-refractivity contribution >= 4 is 5.88 Å². The molecule has 0 bridgehead atoms. The quantitative estimate of drug-likeness (QED) is 0.899. The van der Waals surface area contributed by atoms with Crippen LogP contribution in [-0.4, -0.2) is 17.6 Å². The monoisotopic (exact) mass is 260 g/mol. The smallest absolute Gasteiger partial charge is 0.229 e. The van der Waals surface area contributed by atoms with Crippen molar-refractivity contribution in [3.63, 3.8) is 0 Å². The molecule has 0 spiro atoms. The van der Waals surface area contributed by atoms with Crippen LogP contribution < -0.4 is 5.73 Å². The fourth-order valence-corrected chi connectivity index (χ4v) is 2.22. The van der Waals surface area contributed by atoms with E-state index in [0.717, 1.165) is 16.7 Å². The van der Waals surface area contributed by atoms with Gasteiger partial charge in [-0.05, 0) is 31.0 Å². The third-order valence-corrected chi connectivity index (χ3v) is 3.18. The lowest BCUT2D eigenvalue weighted by molar-refractivity contribution is -0.139. The minimum atomic E-state index is -0.531. The summed E-state index contributed by atoms with van der Waals surface area (Å²) in [5.74, 6) is -0.210. The molecule has 1 aliphatic heterocycles. The molecule has 1 saturated heterocycles. The molecule has 19 heavy (non-hydrogen) atoms. The van der Waals surface area contributed by atoms with Gasteiger partial charge in [-0.2, -0.15) is 0 Å². The standard InChI is InChI=1S/C14H16N2O3/c1-14(2)17-8-12(18-14)10-5-3-4-9(6-10)11-7-16-19-13(11)15/h3-7,12H,8,15H2,1-2H3. The van der Waals surface area contributed by atoms with E-state index >= 15 is 0 Å². The summed E-state index contributed by atoms with van der Waals surface area (Å²) in [7, 11) is 0. The summed E-state index contributed by atoms with van der Waals surface area (Å²) in [6.07, 6.45) is 1.56. The number of nitrogen functional groups attached to an aromatic ring is 1. The van der Waals surface area contributed by atoms with E-state index in [2.05, 4.69) is 5.16 Å². The Bertz CT molecular complexity index is 592. The first-order valence-electron chi connectivity index (χ1n) is 6.17. The number of rotatable bonds is 2. The van der Waals surface area contributed by atoms with E-state index in [1.807, 2.05) is 38.1 Å². The van der Waals surface area contributed by atoms with Crippen LogP contribution in [0.5, 0.6) is 0 Å². The molecule has 0 saturated carbocycles. The van der Waals surface area contributed by atoms with Gasteiger partial charge < -0.3 is 19.7 Å². The van der Waals surface area contributed by atoms with Gasteiger partial charge >= 0.3 is 0 Å². The topological polar surface area (TPSA) is 70.5 Å². The SMILES string of the molecule is CC1(C)OCC(c2cccc(-c3cnoc3N)c2)O1. The van der Waals surface area contributed by atoms with E-state index in [0.29, 0.717) is 12.5 Å². The number of nitrogens with two attached hydrogens (primary N) is 1. The molecule has 0 radical (unpaired) electrons. The van der Waals surface area contributed by atoms with Crippen molar-refractivity contribution in [1.82, 2.24) is 5.16 Å². The van der Waals surface area contributed by atoms with Gasteiger partial charge in [0.2, 0.25) is 5.88 Å². The lowest BCUT2D eigenvalue weighted by Crippen LogP contribution is -2.19. The molecule has 1 aromatic heterocycles. The molecule has 0 amide bonds. The zero-order valence-corrected chi connectivity index (χ0v) is 10.9. The molecular formula is C14H16N2O3. The fourth-order valence-electron chi connectivity index (χ4n) is 2.22. The van der Waals surface area contributed by atoms with Crippen LogP contribution in [0.2, 0.25) is 0 Å². The lowest BCUT2D eigenvalue weighted by Gasteiger charge is -2.17. The van der Waals surface area contributed by atoms with Crippen molar-refractivity contribution in [2.45, 2.75) is 25.7 Å². The van der Waals surface area contributed by atoms with Gasteiger partial charge in [-0.3, -0.25) is 0 Å². The predicted octanol–water partition coefficient (Wildman–Crippen LogP) is 2.75. The molecule has 2 aromatic rings. The average Bonchev–Trinajstić information content (AvgIpc) is 2.95. The minimum Gasteiger partial charge on any atom is -0.367 e. The Morgan fingerprint density at radius 2 is 2.21 bits per heavy atom. The Morgan fingerprint density at radius 3 is 2.84 bits per heavy atom. The molecule has 3 rings (SSSR count). The first-order valence-corrected chi connectivity index (χ1v) is 6.17. The third-order valence-electron chi connectivity index (χ3n) is 3.18. The number of hydrogen-bond donors (Lipinski definition) is 1. The Labute approximate surface area is 111 Å². The van der Waals surface area contributed by atoms with Crippen LogP contribution in [0.1, 0.15) is 25.5 Å². The first kappa shape index (κ1) is 12.2. The van der Waals surface area contributed by atoms with Gasteiger partial charge in [0.1, 0.15) is 6.10 Å². The highest BCUT2D eigenvalue weighted by Gasteiger charge is 2.33. The number of ether oxygens (including phenoxy) is 2. The van der Waals surface area contributed by atoms with Crippen molar-refractivity contribution in [1.29, 1.82) is 0 Å². The Kier molecular flexibility index (Phi) is 2.80. The maximum absolute atomic E-state index is 5.84. The number of aromatic nitrogens is 1. The molecular weight excluding hydrogens is 244 g/mol. The van der Waals surface area contributed by atoms with Gasteiger partial charge in [-0.1, -0.05) is 23.4 Å². The summed E-state index contributed by atoms with van der Waals surface area (Å²) in [5, 5.41) is 3.69. The summed E-state index contributed by atoms with van der Waals surface area (Å²) in [4.78, 5) is 0. The first-order chi connectivity index (χ1) is 9.05. The molecule has 1 aliphatic rings. The van der Waals surface area contributed by atoms with Gasteiger partial charge in [-0.25, -0.2) is 0 Å². The van der Waals surface area contributed by atoms with E-state index in [1.54, 1.807) is 6.20 Å². The van der Waals surface area contributed by atoms with Crippen LogP contribution in [0.15, 0.2) is 35.0 Å². The van der Waals surface area contributed by atoms with Gasteiger partial charge in [0.05, 0.1) is 18.4 Å². The van der Waals surface area contributed by atoms with Crippen molar-refractivity contribution in [3.05, 3.63) is 36.0 Å². The van der Waals surface area contributed by atoms with Crippen molar-refractivity contribution in [2.75, 3.05) is 12.3 Å². The fraction of sp³-hybridized carbons (Fsp3) is 0.357. The third kappa shape index (κ3) is 2.34. The normalized spacial score (nSPS) is 21.7. The maximum atomic E-state index is 5.84. The molecule has 5 nitrogen and oxygen atoms in total. The molecule has 1 aromatic carbocycles. The Balaban J connectivity index is 1.91. The summed E-state index contributed by atoms with van der Waals surface area (Å²) >= 11 is 0. The molecule has 0 aliphatic carbocycles. The van der Waals surface area contributed by atoms with Crippen LogP contribution in [0, 0.1) is 0 Å². The largest absolute Gasteiger partial charge is 0.367 e. The molecule has 2 N–H and O–H groups in total. The zero-order chi connectivity index (χ0) is 13.5. The Morgan fingerprint density at radius 1 is 1.37 bits per heavy atom. The number of hydrogen-bond acceptors (Lipinski definition) is 5. The number of benzene rings is 1. The van der Waals surface area contributed by atoms with Crippen molar-refractivity contribution in [3.8, 4) is 11.1 Å². The molecule has 5 heteroatoms. The molecule has 2 heterocycles. The van der Waals surface area contributed by atoms with E-state index in [4.69, 9.17) is 19.7 Å². The summed E-state index contributed by atoms with van der Waals surface area (Å²) in [6, 6.07) is 7.97. The van der Waals surface area contributed by atoms with Gasteiger partial charge in [-0.15, -0.1) is 0 Å². The van der Waals surface area contributed by atoms with Gasteiger partial charge in [0.25, 0.3) is 0 Å². The maximum Gasteiger partial charge on any atom is 0.229 e. The van der Waals surface area contributed by atoms with E-state index in [1.165, 1.54) is 0 Å². The molecule has 1 unspecified atom stereocenters. The number of nitrogens with zero attached hydrogens (tertiary/aromatic N) is 1. The summed E-state index contributed by atoms with van der Waals surface area (Å²) < 4.78 is 16.3. The number of anilines is 1. The highest BCUT2D eigenvalue weighted by atomic mass is 16.7. The van der Waals surface area contributed by atoms with Gasteiger partial charge in [0.15, 0.2) is 5.79 Å². The van der Waals surface area contributed by atoms with Gasteiger partial charge in [0, 0.05) is 0 Å². The van der Waals surface area contributed by atoms with Crippen LogP contribution in [0.4, 0.5) is 5.88 Å². The molecule has 1 atom stereocenters. The summed E-state index contributed by atoms with van der Waals surface area (Å²) in [5.41, 5.74) is 8.55. The van der Waals surface area contributed by atoms with E-state index in [-0.39, 0.29) is 6.10 Å². The zero-order valence-electron chi connectivity index (χ0n) is 10.9. The summed E-state index contributed by atoms with van der Waals surface area (Å²) in [6.45, 7) is 4.37. The highest BCUT2D eigenvalue weighted by molar-refractivity contribution is 5.72. The van der Waals surface area contributed by atoms with E-state index in [9.17, 15) is 0 Å². The second-order valence-corrected chi connectivity index (χ2v) is 5.05. The predicted molar refractivity (Wildman–Crippen MR) is 70.2 cm³/mol. The van der Waals surface area contributed by atoms with Crippen LogP contribution in [0.3, 0.4) is 0 Å².